The van der Waals surface area contributed by atoms with E-state index in [-0.39, 0.29) is 24.2 Å². The van der Waals surface area contributed by atoms with Crippen molar-refractivity contribution >= 4 is 24.2 Å². The van der Waals surface area contributed by atoms with Gasteiger partial charge in [-0.15, -0.1) is 12.4 Å². The Morgan fingerprint density at radius 3 is 2.45 bits per heavy atom. The number of aromatic amines is 1. The van der Waals surface area contributed by atoms with Crippen molar-refractivity contribution < 1.29 is 5.11 Å². The highest BCUT2D eigenvalue weighted by Crippen LogP contribution is 2.08. The second kappa shape index (κ2) is 3.11. The quantitative estimate of drug-likeness (QED) is 0.409. The number of rotatable bonds is 0. The van der Waals surface area contributed by atoms with Crippen LogP contribution in [-0.4, -0.2) is 15.1 Å². The Hall–Kier alpha value is -1.43. The van der Waals surface area contributed by atoms with Gasteiger partial charge in [-0.25, -0.2) is 0 Å². The van der Waals surface area contributed by atoms with Crippen molar-refractivity contribution in [2.75, 3.05) is 11.5 Å². The van der Waals surface area contributed by atoms with Gasteiger partial charge in [0, 0.05) is 0 Å². The van der Waals surface area contributed by atoms with E-state index in [9.17, 15) is 4.79 Å². The van der Waals surface area contributed by atoms with Crippen LogP contribution in [0, 0.1) is 0 Å². The molecule has 7 heteroatoms. The van der Waals surface area contributed by atoms with E-state index >= 15 is 0 Å². The van der Waals surface area contributed by atoms with Crippen LogP contribution in [0.2, 0.25) is 0 Å². The van der Waals surface area contributed by atoms with Gasteiger partial charge >= 0.3 is 0 Å². The fourth-order valence-electron chi connectivity index (χ4n) is 0.503. The molecule has 0 bridgehead atoms. The fraction of sp³-hybridized carbons (Fsp3) is 0. The van der Waals surface area contributed by atoms with Crippen molar-refractivity contribution in [3.05, 3.63) is 10.4 Å². The second-order valence-corrected chi connectivity index (χ2v) is 1.69. The summed E-state index contributed by atoms with van der Waals surface area (Å²) in [5, 5.41) is 8.74. The molecule has 0 atom stereocenters. The minimum absolute atomic E-state index is 0. The molecule has 6 N–H and O–H groups in total. The average molecular weight is 179 g/mol. The lowest BCUT2D eigenvalue weighted by atomic mass is 10.5. The second-order valence-electron chi connectivity index (χ2n) is 1.69. The van der Waals surface area contributed by atoms with Gasteiger partial charge in [-0.1, -0.05) is 0 Å². The maximum atomic E-state index is 10.6. The van der Waals surface area contributed by atoms with Crippen LogP contribution in [0.25, 0.3) is 0 Å². The summed E-state index contributed by atoms with van der Waals surface area (Å²) in [6.07, 6.45) is 0. The highest BCUT2D eigenvalue weighted by molar-refractivity contribution is 5.85. The monoisotopic (exact) mass is 178 g/mol. The number of nitrogens with one attached hydrogen (secondary N) is 1. The molecule has 0 aliphatic carbocycles. The molecule has 1 rings (SSSR count). The lowest BCUT2D eigenvalue weighted by Gasteiger charge is -1.95. The maximum absolute atomic E-state index is 10.6. The van der Waals surface area contributed by atoms with Crippen LogP contribution in [0.4, 0.5) is 11.8 Å². The molecule has 0 saturated carbocycles. The van der Waals surface area contributed by atoms with Gasteiger partial charge in [-0.3, -0.25) is 9.78 Å². The predicted octanol–water partition coefficient (Wildman–Crippen LogP) is -0.938. The zero-order chi connectivity index (χ0) is 7.72. The van der Waals surface area contributed by atoms with Crippen molar-refractivity contribution in [3.8, 4) is 5.75 Å². The Kier molecular flexibility index (Phi) is 2.70. The molecular weight excluding hydrogens is 172 g/mol. The number of nitrogens with two attached hydrogens (primary N) is 2. The van der Waals surface area contributed by atoms with Crippen molar-refractivity contribution in [2.24, 2.45) is 0 Å². The van der Waals surface area contributed by atoms with E-state index in [2.05, 4.69) is 9.97 Å². The van der Waals surface area contributed by atoms with Gasteiger partial charge < -0.3 is 16.6 Å². The summed E-state index contributed by atoms with van der Waals surface area (Å²) >= 11 is 0. The lowest BCUT2D eigenvalue weighted by Crippen LogP contribution is -2.12. The molecule has 0 spiro atoms. The summed E-state index contributed by atoms with van der Waals surface area (Å²) in [5.74, 6) is -0.976. The summed E-state index contributed by atoms with van der Waals surface area (Å²) in [6, 6.07) is 0. The fourth-order valence-corrected chi connectivity index (χ4v) is 0.503. The smallest absolute Gasteiger partial charge is 0.296 e. The molecule has 0 aromatic carbocycles. The van der Waals surface area contributed by atoms with Gasteiger partial charge in [-0.05, 0) is 0 Å². The van der Waals surface area contributed by atoms with E-state index in [1.165, 1.54) is 0 Å². The van der Waals surface area contributed by atoms with E-state index < -0.39 is 11.3 Å². The highest BCUT2D eigenvalue weighted by atomic mass is 35.5. The predicted molar refractivity (Wildman–Crippen MR) is 42.6 cm³/mol. The number of hydrogen-bond donors (Lipinski definition) is 4. The van der Waals surface area contributed by atoms with Crippen LogP contribution < -0.4 is 17.0 Å². The summed E-state index contributed by atoms with van der Waals surface area (Å²) in [7, 11) is 0. The zero-order valence-electron chi connectivity index (χ0n) is 5.37. The first kappa shape index (κ1) is 9.57. The van der Waals surface area contributed by atoms with E-state index in [1.807, 2.05) is 0 Å². The van der Waals surface area contributed by atoms with Crippen LogP contribution in [0.15, 0.2) is 4.79 Å². The van der Waals surface area contributed by atoms with E-state index in [0.717, 1.165) is 0 Å². The van der Waals surface area contributed by atoms with Gasteiger partial charge in [0.1, 0.15) is 0 Å². The summed E-state index contributed by atoms with van der Waals surface area (Å²) in [5.41, 5.74) is 9.40. The van der Waals surface area contributed by atoms with Crippen molar-refractivity contribution in [1.82, 2.24) is 9.97 Å². The summed E-state index contributed by atoms with van der Waals surface area (Å²) in [4.78, 5) is 16.0. The van der Waals surface area contributed by atoms with Crippen LogP contribution in [0.5, 0.6) is 5.75 Å². The van der Waals surface area contributed by atoms with Gasteiger partial charge in [0.25, 0.3) is 5.56 Å². The molecule has 0 radical (unpaired) electrons. The molecule has 0 amide bonds. The Labute approximate surface area is 67.7 Å². The van der Waals surface area contributed by atoms with E-state index in [1.54, 1.807) is 0 Å². The number of aromatic nitrogens is 2. The first-order valence-electron chi connectivity index (χ1n) is 2.45. The third kappa shape index (κ3) is 1.74. The number of H-pyrrole nitrogens is 1. The Balaban J connectivity index is 0.000001000. The number of nitrogens with zero attached hydrogens (tertiary/aromatic N) is 1. The lowest BCUT2D eigenvalue weighted by molar-refractivity contribution is 0.467. The first-order valence-corrected chi connectivity index (χ1v) is 2.45. The topological polar surface area (TPSA) is 118 Å². The zero-order valence-corrected chi connectivity index (χ0v) is 6.18. The SMILES string of the molecule is Cl.Nc1nc(N)c(O)c(=O)[nH]1. The van der Waals surface area contributed by atoms with Crippen LogP contribution >= 0.6 is 12.4 Å². The third-order valence-corrected chi connectivity index (χ3v) is 0.940. The van der Waals surface area contributed by atoms with Crippen molar-refractivity contribution in [1.29, 1.82) is 0 Å². The third-order valence-electron chi connectivity index (χ3n) is 0.940. The molecule has 0 unspecified atom stereocenters. The Morgan fingerprint density at radius 1 is 1.45 bits per heavy atom. The van der Waals surface area contributed by atoms with Crippen LogP contribution in [-0.2, 0) is 0 Å². The molecule has 1 aromatic rings. The number of halogens is 1. The van der Waals surface area contributed by atoms with Gasteiger partial charge in [0.2, 0.25) is 11.7 Å². The van der Waals surface area contributed by atoms with E-state index in [0.29, 0.717) is 0 Å². The minimum Gasteiger partial charge on any atom is -0.500 e. The summed E-state index contributed by atoms with van der Waals surface area (Å²) in [6.45, 7) is 0. The molecule has 6 nitrogen and oxygen atoms in total. The Bertz CT molecular complexity index is 309. The number of nitrogen functional groups attached to an aromatic ring is 2. The molecule has 1 aromatic heterocycles. The molecule has 1 heterocycles. The standard InChI is InChI=1S/C4H6N4O2.ClH/c5-2-1(9)3(10)8-4(6)7-2;/h9H,(H5,5,6,7,8,10);1H. The molecular formula is C4H7ClN4O2. The largest absolute Gasteiger partial charge is 0.500 e. The average Bonchev–Trinajstić information content (AvgIpc) is 1.82. The molecule has 11 heavy (non-hydrogen) atoms. The number of aromatic hydroxyl groups is 1. The Morgan fingerprint density at radius 2 is 2.00 bits per heavy atom. The van der Waals surface area contributed by atoms with Gasteiger partial charge in [0.15, 0.2) is 5.82 Å². The molecule has 0 fully saturated rings. The summed E-state index contributed by atoms with van der Waals surface area (Å²) < 4.78 is 0. The molecule has 0 aliphatic rings. The molecule has 62 valence electrons. The van der Waals surface area contributed by atoms with Gasteiger partial charge in [-0.2, -0.15) is 4.98 Å². The first-order chi connectivity index (χ1) is 4.61. The normalized spacial score (nSPS) is 8.73. The van der Waals surface area contributed by atoms with Crippen molar-refractivity contribution in [3.63, 3.8) is 0 Å². The van der Waals surface area contributed by atoms with Crippen molar-refractivity contribution in [2.45, 2.75) is 0 Å². The molecule has 0 aliphatic heterocycles. The number of anilines is 2. The van der Waals surface area contributed by atoms with Gasteiger partial charge in [0.05, 0.1) is 0 Å². The van der Waals surface area contributed by atoms with Crippen LogP contribution in [0.1, 0.15) is 0 Å². The minimum atomic E-state index is -0.731. The molecule has 0 saturated heterocycles. The highest BCUT2D eigenvalue weighted by Gasteiger charge is 2.02. The number of hydrogen-bond acceptors (Lipinski definition) is 5. The van der Waals surface area contributed by atoms with Crippen LogP contribution in [0.3, 0.4) is 0 Å². The maximum Gasteiger partial charge on any atom is 0.296 e. The van der Waals surface area contributed by atoms with E-state index in [4.69, 9.17) is 16.6 Å².